The number of Topliss-reactive ketones (excluding diaryl/α,β-unsaturated/α-hetero) is 1. The van der Waals surface area contributed by atoms with Crippen LogP contribution in [0, 0.1) is 11.8 Å². The summed E-state index contributed by atoms with van der Waals surface area (Å²) >= 11 is 1.54. The molecule has 2 amide bonds. The van der Waals surface area contributed by atoms with E-state index >= 15 is 0 Å². The Morgan fingerprint density at radius 2 is 1.77 bits per heavy atom. The van der Waals surface area contributed by atoms with E-state index in [0.717, 1.165) is 44.3 Å². The third-order valence-corrected chi connectivity index (χ3v) is 7.72. The molecule has 2 aliphatic heterocycles. The second kappa shape index (κ2) is 11.1. The third-order valence-electron chi connectivity index (χ3n) is 6.44. The Morgan fingerprint density at radius 1 is 1.10 bits per heavy atom. The van der Waals surface area contributed by atoms with E-state index < -0.39 is 17.7 Å². The van der Waals surface area contributed by atoms with Crippen molar-refractivity contribution < 1.29 is 19.1 Å². The highest BCUT2D eigenvalue weighted by molar-refractivity contribution is 8.14. The average molecular weight is 439 g/mol. The van der Waals surface area contributed by atoms with Gasteiger partial charge in [-0.05, 0) is 38.5 Å². The Balaban J connectivity index is 1.66. The van der Waals surface area contributed by atoms with E-state index in [1.807, 2.05) is 11.9 Å². The van der Waals surface area contributed by atoms with Gasteiger partial charge in [0.15, 0.2) is 5.17 Å². The Kier molecular flexibility index (Phi) is 8.56. The minimum atomic E-state index is -0.822. The van der Waals surface area contributed by atoms with Crippen molar-refractivity contribution in [3.8, 4) is 0 Å². The quantitative estimate of drug-likeness (QED) is 0.373. The maximum absolute atomic E-state index is 13.0. The van der Waals surface area contributed by atoms with E-state index in [1.54, 1.807) is 11.8 Å². The van der Waals surface area contributed by atoms with Crippen molar-refractivity contribution in [1.82, 2.24) is 15.6 Å². The number of amidine groups is 1. The highest BCUT2D eigenvalue weighted by Crippen LogP contribution is 2.25. The van der Waals surface area contributed by atoms with Gasteiger partial charge in [-0.25, -0.2) is 5.43 Å². The summed E-state index contributed by atoms with van der Waals surface area (Å²) in [5.41, 5.74) is 2.41. The molecule has 168 valence electrons. The number of hydrogen-bond donors (Lipinski definition) is 2. The molecule has 1 aliphatic carbocycles. The maximum Gasteiger partial charge on any atom is 0.309 e. The van der Waals surface area contributed by atoms with Crippen LogP contribution >= 0.6 is 11.8 Å². The van der Waals surface area contributed by atoms with Crippen molar-refractivity contribution in [3.63, 3.8) is 0 Å². The largest absolute Gasteiger partial charge is 0.381 e. The fraction of sp³-hybridized carbons (Fsp3) is 0.810. The van der Waals surface area contributed by atoms with Gasteiger partial charge < -0.3 is 15.0 Å². The molecule has 2 atom stereocenters. The summed E-state index contributed by atoms with van der Waals surface area (Å²) in [6, 6.07) is -0.493. The summed E-state index contributed by atoms with van der Waals surface area (Å²) in [5.74, 6) is -0.762. The van der Waals surface area contributed by atoms with E-state index in [9.17, 15) is 14.4 Å². The van der Waals surface area contributed by atoms with Gasteiger partial charge in [0.2, 0.25) is 11.7 Å². The minimum Gasteiger partial charge on any atom is -0.381 e. The molecule has 2 N–H and O–H groups in total. The van der Waals surface area contributed by atoms with Gasteiger partial charge in [-0.3, -0.25) is 14.4 Å². The predicted octanol–water partition coefficient (Wildman–Crippen LogP) is 1.89. The summed E-state index contributed by atoms with van der Waals surface area (Å²) < 4.78 is 5.41. The molecule has 3 aliphatic rings. The van der Waals surface area contributed by atoms with Crippen LogP contribution in [0.5, 0.6) is 0 Å². The van der Waals surface area contributed by atoms with E-state index in [1.165, 1.54) is 0 Å². The molecule has 3 fully saturated rings. The Bertz CT molecular complexity index is 657. The highest BCUT2D eigenvalue weighted by atomic mass is 32.2. The van der Waals surface area contributed by atoms with E-state index in [-0.39, 0.29) is 17.7 Å². The molecule has 1 saturated carbocycles. The van der Waals surface area contributed by atoms with E-state index in [2.05, 4.69) is 22.8 Å². The lowest BCUT2D eigenvalue weighted by Gasteiger charge is -2.30. The van der Waals surface area contributed by atoms with Crippen LogP contribution in [-0.2, 0) is 19.1 Å². The maximum atomic E-state index is 13.0. The van der Waals surface area contributed by atoms with Gasteiger partial charge >= 0.3 is 5.91 Å². The monoisotopic (exact) mass is 438 g/mol. The van der Waals surface area contributed by atoms with Gasteiger partial charge in [0, 0.05) is 38.0 Å². The number of nitrogens with zero attached hydrogens (tertiary/aromatic N) is 2. The molecule has 2 heterocycles. The van der Waals surface area contributed by atoms with Crippen LogP contribution in [0.2, 0.25) is 0 Å². The van der Waals surface area contributed by atoms with Gasteiger partial charge in [0.25, 0.3) is 0 Å². The number of amides is 2. The minimum absolute atomic E-state index is 0.0732. The number of carbonyl (C=O) groups excluding carboxylic acids is 3. The van der Waals surface area contributed by atoms with Crippen LogP contribution in [-0.4, -0.2) is 65.8 Å². The Hall–Kier alpha value is -1.61. The molecule has 0 bridgehead atoms. The van der Waals surface area contributed by atoms with Crippen LogP contribution in [0.1, 0.15) is 58.3 Å². The first-order chi connectivity index (χ1) is 14.5. The third kappa shape index (κ3) is 5.97. The normalized spacial score (nSPS) is 26.3. The van der Waals surface area contributed by atoms with E-state index in [0.29, 0.717) is 37.3 Å². The second-order valence-corrected chi connectivity index (χ2v) is 9.58. The summed E-state index contributed by atoms with van der Waals surface area (Å²) in [6.45, 7) is 3.15. The molecular weight excluding hydrogens is 404 g/mol. The molecule has 0 unspecified atom stereocenters. The molecule has 3 rings (SSSR count). The van der Waals surface area contributed by atoms with Crippen molar-refractivity contribution >= 4 is 34.5 Å². The molecular formula is C21H34N4O4S. The molecule has 0 radical (unpaired) electrons. The molecule has 9 heteroatoms. The van der Waals surface area contributed by atoms with Crippen LogP contribution < -0.4 is 10.7 Å². The summed E-state index contributed by atoms with van der Waals surface area (Å²) in [6.07, 6.45) is 7.38. The van der Waals surface area contributed by atoms with E-state index in [4.69, 9.17) is 4.74 Å². The highest BCUT2D eigenvalue weighted by Gasteiger charge is 2.36. The lowest BCUT2D eigenvalue weighted by Crippen LogP contribution is -2.53. The number of ketones is 1. The van der Waals surface area contributed by atoms with Crippen molar-refractivity contribution in [2.24, 2.45) is 16.9 Å². The number of hydrogen-bond acceptors (Lipinski definition) is 6. The van der Waals surface area contributed by atoms with Crippen LogP contribution in [0.4, 0.5) is 0 Å². The lowest BCUT2D eigenvalue weighted by atomic mass is 9.87. The SMILES string of the molecule is C[C@@H]1CS/C(=N\NC(=O)C(=O)[C@@H](NC(=O)C2CCCCCC2)C2CCOCC2)N1C. The van der Waals surface area contributed by atoms with Crippen molar-refractivity contribution in [3.05, 3.63) is 0 Å². The topological polar surface area (TPSA) is 100 Å². The van der Waals surface area contributed by atoms with Crippen molar-refractivity contribution in [2.45, 2.75) is 70.4 Å². The molecule has 0 spiro atoms. The summed E-state index contributed by atoms with van der Waals surface area (Å²) in [4.78, 5) is 40.5. The number of carbonyl (C=O) groups is 3. The molecule has 0 aromatic rings. The second-order valence-electron chi connectivity index (χ2n) is 8.60. The molecule has 2 saturated heterocycles. The first kappa shape index (κ1) is 23.1. The van der Waals surface area contributed by atoms with Crippen molar-refractivity contribution in [1.29, 1.82) is 0 Å². The fourth-order valence-corrected chi connectivity index (χ4v) is 5.37. The van der Waals surface area contributed by atoms with Gasteiger partial charge in [0.1, 0.15) is 6.04 Å². The zero-order valence-corrected chi connectivity index (χ0v) is 18.8. The summed E-state index contributed by atoms with van der Waals surface area (Å²) in [5, 5.41) is 7.76. The molecule has 30 heavy (non-hydrogen) atoms. The molecule has 0 aromatic carbocycles. The molecule has 8 nitrogen and oxygen atoms in total. The predicted molar refractivity (Wildman–Crippen MR) is 117 cm³/mol. The van der Waals surface area contributed by atoms with Gasteiger partial charge in [-0.1, -0.05) is 37.4 Å². The first-order valence-corrected chi connectivity index (χ1v) is 12.1. The van der Waals surface area contributed by atoms with Crippen molar-refractivity contribution in [2.75, 3.05) is 26.0 Å². The number of hydrazone groups is 1. The van der Waals surface area contributed by atoms with Gasteiger partial charge in [-0.2, -0.15) is 0 Å². The summed E-state index contributed by atoms with van der Waals surface area (Å²) in [7, 11) is 1.91. The zero-order chi connectivity index (χ0) is 21.5. The number of nitrogens with one attached hydrogen (secondary N) is 2. The average Bonchev–Trinajstić information content (AvgIpc) is 2.95. The Labute approximate surface area is 182 Å². The van der Waals surface area contributed by atoms with Crippen LogP contribution in [0.15, 0.2) is 5.10 Å². The van der Waals surface area contributed by atoms with Gasteiger partial charge in [-0.15, -0.1) is 5.10 Å². The van der Waals surface area contributed by atoms with Gasteiger partial charge in [0.05, 0.1) is 0 Å². The fourth-order valence-electron chi connectivity index (χ4n) is 4.26. The number of rotatable bonds is 6. The molecule has 0 aromatic heterocycles. The zero-order valence-electron chi connectivity index (χ0n) is 18.0. The van der Waals surface area contributed by atoms with Crippen LogP contribution in [0.25, 0.3) is 0 Å². The standard InChI is InChI=1S/C21H34N4O4S/c1-14-13-30-21(25(14)2)24-23-20(28)18(26)17(15-9-11-29-12-10-15)22-19(27)16-7-5-3-4-6-8-16/h14-17H,3-13H2,1-2H3,(H,22,27)(H,23,28)/b24-21-/t14-,17+/m1/s1. The number of thioether (sulfide) groups is 1. The van der Waals surface area contributed by atoms with Crippen LogP contribution in [0.3, 0.4) is 0 Å². The lowest BCUT2D eigenvalue weighted by molar-refractivity contribution is -0.142. The Morgan fingerprint density at radius 3 is 2.37 bits per heavy atom. The smallest absolute Gasteiger partial charge is 0.309 e. The number of ether oxygens (including phenoxy) is 1. The first-order valence-electron chi connectivity index (χ1n) is 11.1.